The lowest BCUT2D eigenvalue weighted by Crippen LogP contribution is -2.27. The molecule has 1 amide bonds. The number of aromatic nitrogens is 1. The lowest BCUT2D eigenvalue weighted by atomic mass is 9.90. The Hall–Kier alpha value is -2.92. The van der Waals surface area contributed by atoms with Crippen LogP contribution in [0.3, 0.4) is 0 Å². The van der Waals surface area contributed by atoms with E-state index in [1.54, 1.807) is 0 Å². The molecule has 1 aromatic heterocycles. The maximum atomic E-state index is 12.0. The first kappa shape index (κ1) is 15.6. The number of para-hydroxylation sites is 2. The molecule has 1 aliphatic rings. The maximum Gasteiger partial charge on any atom is 0.225 e. The number of carbonyl (C=O) groups is 1. The summed E-state index contributed by atoms with van der Waals surface area (Å²) < 4.78 is 0. The molecule has 0 spiro atoms. The van der Waals surface area contributed by atoms with Crippen molar-refractivity contribution in [2.45, 2.75) is 18.9 Å². The number of fused-ring (bicyclic) bond motifs is 2. The first-order valence-corrected chi connectivity index (χ1v) is 8.37. The van der Waals surface area contributed by atoms with E-state index >= 15 is 0 Å². The van der Waals surface area contributed by atoms with Crippen LogP contribution in [0.25, 0.3) is 10.9 Å². The van der Waals surface area contributed by atoms with E-state index in [-0.39, 0.29) is 18.4 Å². The van der Waals surface area contributed by atoms with Gasteiger partial charge in [-0.05, 0) is 23.8 Å². The van der Waals surface area contributed by atoms with E-state index in [2.05, 4.69) is 15.6 Å². The zero-order valence-corrected chi connectivity index (χ0v) is 13.7. The minimum atomic E-state index is -0.0814. The Labute approximate surface area is 145 Å². The minimum absolute atomic E-state index is 0.0272. The molecule has 0 aliphatic carbocycles. The van der Waals surface area contributed by atoms with E-state index in [4.69, 9.17) is 0 Å². The maximum absolute atomic E-state index is 12.0. The Morgan fingerprint density at radius 3 is 2.84 bits per heavy atom. The number of aliphatic hydroxyl groups is 1. The van der Waals surface area contributed by atoms with Crippen LogP contribution in [0.4, 0.5) is 11.5 Å². The molecule has 5 nitrogen and oxygen atoms in total. The average molecular weight is 333 g/mol. The van der Waals surface area contributed by atoms with Crippen LogP contribution in [-0.4, -0.2) is 22.5 Å². The van der Waals surface area contributed by atoms with Crippen molar-refractivity contribution in [1.82, 2.24) is 4.98 Å². The van der Waals surface area contributed by atoms with Crippen LogP contribution >= 0.6 is 0 Å². The van der Waals surface area contributed by atoms with Gasteiger partial charge in [0.05, 0.1) is 12.1 Å². The number of anilines is 2. The van der Waals surface area contributed by atoms with Crippen molar-refractivity contribution in [2.24, 2.45) is 0 Å². The highest BCUT2D eigenvalue weighted by atomic mass is 16.3. The zero-order chi connectivity index (χ0) is 17.2. The lowest BCUT2D eigenvalue weighted by Gasteiger charge is -2.26. The Balaban J connectivity index is 1.61. The van der Waals surface area contributed by atoms with Crippen LogP contribution < -0.4 is 10.6 Å². The summed E-state index contributed by atoms with van der Waals surface area (Å²) in [5.41, 5.74) is 3.64. The van der Waals surface area contributed by atoms with Crippen LogP contribution in [0.1, 0.15) is 23.5 Å². The molecule has 0 fully saturated rings. The van der Waals surface area contributed by atoms with E-state index in [9.17, 15) is 9.90 Å². The molecule has 5 heteroatoms. The lowest BCUT2D eigenvalue weighted by molar-refractivity contribution is -0.116. The van der Waals surface area contributed by atoms with Crippen LogP contribution in [0.5, 0.6) is 0 Å². The fourth-order valence-electron chi connectivity index (χ4n) is 3.34. The fourth-order valence-corrected chi connectivity index (χ4v) is 3.34. The monoisotopic (exact) mass is 333 g/mol. The highest BCUT2D eigenvalue weighted by Gasteiger charge is 2.24. The number of hydrogen-bond donors (Lipinski definition) is 3. The highest BCUT2D eigenvalue weighted by Crippen LogP contribution is 2.32. The van der Waals surface area contributed by atoms with Crippen molar-refractivity contribution in [1.29, 1.82) is 0 Å². The molecule has 2 heterocycles. The van der Waals surface area contributed by atoms with Gasteiger partial charge in [0, 0.05) is 35.5 Å². The predicted molar refractivity (Wildman–Crippen MR) is 98.6 cm³/mol. The van der Waals surface area contributed by atoms with E-state index in [1.807, 2.05) is 54.6 Å². The SMILES string of the molecule is O=C1CC(CNc2nc3ccccc3cc2CO)c2ccccc2N1. The molecule has 25 heavy (non-hydrogen) atoms. The summed E-state index contributed by atoms with van der Waals surface area (Å²) >= 11 is 0. The Morgan fingerprint density at radius 2 is 1.96 bits per heavy atom. The summed E-state index contributed by atoms with van der Waals surface area (Å²) in [5.74, 6) is 0.772. The number of nitrogens with zero attached hydrogens (tertiary/aromatic N) is 1. The van der Waals surface area contributed by atoms with Gasteiger partial charge in [-0.15, -0.1) is 0 Å². The van der Waals surface area contributed by atoms with Gasteiger partial charge in [0.1, 0.15) is 5.82 Å². The topological polar surface area (TPSA) is 74.2 Å². The number of pyridine rings is 1. The van der Waals surface area contributed by atoms with Crippen molar-refractivity contribution in [3.8, 4) is 0 Å². The quantitative estimate of drug-likeness (QED) is 0.685. The fraction of sp³-hybridized carbons (Fsp3) is 0.200. The third-order valence-electron chi connectivity index (χ3n) is 4.60. The van der Waals surface area contributed by atoms with Crippen molar-refractivity contribution >= 4 is 28.3 Å². The number of hydrogen-bond acceptors (Lipinski definition) is 4. The molecule has 0 saturated carbocycles. The molecule has 2 aromatic carbocycles. The summed E-state index contributed by atoms with van der Waals surface area (Å²) in [6, 6.07) is 17.6. The molecular formula is C20H19N3O2. The third-order valence-corrected chi connectivity index (χ3v) is 4.60. The van der Waals surface area contributed by atoms with Crippen molar-refractivity contribution < 1.29 is 9.90 Å². The van der Waals surface area contributed by atoms with Crippen LogP contribution in [0.2, 0.25) is 0 Å². The van der Waals surface area contributed by atoms with Gasteiger partial charge >= 0.3 is 0 Å². The van der Waals surface area contributed by atoms with Gasteiger partial charge in [-0.1, -0.05) is 36.4 Å². The zero-order valence-electron chi connectivity index (χ0n) is 13.7. The summed E-state index contributed by atoms with van der Waals surface area (Å²) in [6.45, 7) is 0.505. The van der Waals surface area contributed by atoms with Gasteiger partial charge in [0.2, 0.25) is 5.91 Å². The molecule has 1 unspecified atom stereocenters. The van der Waals surface area contributed by atoms with Crippen molar-refractivity contribution in [3.05, 3.63) is 65.7 Å². The van der Waals surface area contributed by atoms with Gasteiger partial charge < -0.3 is 15.7 Å². The number of benzene rings is 2. The summed E-state index contributed by atoms with van der Waals surface area (Å²) in [6.07, 6.45) is 0.437. The van der Waals surface area contributed by atoms with E-state index in [0.29, 0.717) is 18.8 Å². The van der Waals surface area contributed by atoms with Crippen molar-refractivity contribution in [3.63, 3.8) is 0 Å². The van der Waals surface area contributed by atoms with E-state index < -0.39 is 0 Å². The number of aliphatic hydroxyl groups excluding tert-OH is 1. The van der Waals surface area contributed by atoms with Crippen LogP contribution in [0, 0.1) is 0 Å². The predicted octanol–water partition coefficient (Wildman–Crippen LogP) is 3.27. The molecule has 3 N–H and O–H groups in total. The van der Waals surface area contributed by atoms with Gasteiger partial charge in [0.25, 0.3) is 0 Å². The van der Waals surface area contributed by atoms with Crippen molar-refractivity contribution in [2.75, 3.05) is 17.2 Å². The smallest absolute Gasteiger partial charge is 0.225 e. The molecule has 0 radical (unpaired) electrons. The van der Waals surface area contributed by atoms with E-state index in [0.717, 1.165) is 27.7 Å². The number of carbonyl (C=O) groups excluding carboxylic acids is 1. The summed E-state index contributed by atoms with van der Waals surface area (Å²) in [7, 11) is 0. The standard InChI is InChI=1S/C20H19N3O2/c24-12-15-9-13-5-1-3-7-17(13)23-20(15)21-11-14-10-19(25)22-18-8-4-2-6-16(14)18/h1-9,14,24H,10-12H2,(H,21,23)(H,22,25). The minimum Gasteiger partial charge on any atom is -0.392 e. The van der Waals surface area contributed by atoms with Gasteiger partial charge in [-0.25, -0.2) is 4.98 Å². The van der Waals surface area contributed by atoms with Crippen LogP contribution in [-0.2, 0) is 11.4 Å². The average Bonchev–Trinajstić information content (AvgIpc) is 2.65. The first-order valence-electron chi connectivity index (χ1n) is 8.37. The molecule has 0 saturated heterocycles. The molecule has 4 rings (SSSR count). The first-order chi connectivity index (χ1) is 12.2. The largest absolute Gasteiger partial charge is 0.392 e. The molecular weight excluding hydrogens is 314 g/mol. The highest BCUT2D eigenvalue weighted by molar-refractivity contribution is 5.94. The number of rotatable bonds is 4. The molecule has 1 atom stereocenters. The number of amides is 1. The summed E-state index contributed by atoms with van der Waals surface area (Å²) in [5, 5.41) is 16.9. The van der Waals surface area contributed by atoms with Gasteiger partial charge in [0.15, 0.2) is 0 Å². The number of nitrogens with one attached hydrogen (secondary N) is 2. The molecule has 3 aromatic rings. The van der Waals surface area contributed by atoms with E-state index in [1.165, 1.54) is 0 Å². The normalized spacial score (nSPS) is 16.4. The second-order valence-corrected chi connectivity index (χ2v) is 6.26. The Bertz CT molecular complexity index is 939. The molecule has 1 aliphatic heterocycles. The molecule has 126 valence electrons. The van der Waals surface area contributed by atoms with Crippen LogP contribution in [0.15, 0.2) is 54.6 Å². The second kappa shape index (κ2) is 6.53. The van der Waals surface area contributed by atoms with Gasteiger partial charge in [-0.3, -0.25) is 4.79 Å². The second-order valence-electron chi connectivity index (χ2n) is 6.26. The third kappa shape index (κ3) is 3.06. The van der Waals surface area contributed by atoms with Gasteiger partial charge in [-0.2, -0.15) is 0 Å². The summed E-state index contributed by atoms with van der Waals surface area (Å²) in [4.78, 5) is 16.6. The Morgan fingerprint density at radius 1 is 1.16 bits per heavy atom. The molecule has 0 bridgehead atoms. The Kier molecular flexibility index (Phi) is 4.07.